The van der Waals surface area contributed by atoms with Gasteiger partial charge in [-0.15, -0.1) is 11.3 Å². The Morgan fingerprint density at radius 1 is 1.23 bits per heavy atom. The molecule has 0 bridgehead atoms. The van der Waals surface area contributed by atoms with Crippen molar-refractivity contribution in [3.63, 3.8) is 0 Å². The Bertz CT molecular complexity index is 1350. The van der Waals surface area contributed by atoms with E-state index in [4.69, 9.17) is 11.6 Å². The van der Waals surface area contributed by atoms with Gasteiger partial charge in [-0.3, -0.25) is 14.2 Å². The summed E-state index contributed by atoms with van der Waals surface area (Å²) in [5.41, 5.74) is 1.95. The quantitative estimate of drug-likeness (QED) is 0.475. The Balaban J connectivity index is 1.69. The van der Waals surface area contributed by atoms with Crippen LogP contribution in [0.1, 0.15) is 26.4 Å². The van der Waals surface area contributed by atoms with E-state index < -0.39 is 11.7 Å². The minimum atomic E-state index is -0.407. The molecule has 2 heterocycles. The topological polar surface area (TPSA) is 64.0 Å². The number of rotatable bonds is 4. The van der Waals surface area contributed by atoms with Crippen LogP contribution in [-0.4, -0.2) is 15.5 Å². The summed E-state index contributed by atoms with van der Waals surface area (Å²) in [4.78, 5) is 31.0. The molecule has 5 nitrogen and oxygen atoms in total. The first-order valence-corrected chi connectivity index (χ1v) is 10.3. The number of anilines is 1. The van der Waals surface area contributed by atoms with Crippen LogP contribution >= 0.6 is 22.9 Å². The molecule has 1 N–H and O–H groups in total. The van der Waals surface area contributed by atoms with Crippen LogP contribution in [0.3, 0.4) is 0 Å². The number of aryl methyl sites for hydroxylation is 2. The van der Waals surface area contributed by atoms with Crippen LogP contribution in [0.2, 0.25) is 5.02 Å². The van der Waals surface area contributed by atoms with Gasteiger partial charge in [-0.25, -0.2) is 9.37 Å². The lowest BCUT2D eigenvalue weighted by Crippen LogP contribution is -2.21. The molecule has 2 aromatic carbocycles. The third-order valence-corrected chi connectivity index (χ3v) is 6.42. The highest BCUT2D eigenvalue weighted by Crippen LogP contribution is 2.28. The van der Waals surface area contributed by atoms with Crippen LogP contribution in [0.25, 0.3) is 10.2 Å². The molecule has 0 radical (unpaired) electrons. The third kappa shape index (κ3) is 3.74. The smallest absolute Gasteiger partial charge is 0.266 e. The number of aromatic nitrogens is 2. The van der Waals surface area contributed by atoms with E-state index in [0.29, 0.717) is 36.9 Å². The van der Waals surface area contributed by atoms with Crippen molar-refractivity contribution in [1.29, 1.82) is 0 Å². The van der Waals surface area contributed by atoms with Gasteiger partial charge in [-0.1, -0.05) is 35.9 Å². The van der Waals surface area contributed by atoms with E-state index in [-0.39, 0.29) is 12.1 Å². The van der Waals surface area contributed by atoms with Crippen LogP contribution in [0.15, 0.2) is 53.6 Å². The van der Waals surface area contributed by atoms with Gasteiger partial charge in [0.1, 0.15) is 10.6 Å². The molecule has 0 aliphatic carbocycles. The Kier molecular flexibility index (Phi) is 5.40. The molecule has 0 aliphatic rings. The van der Waals surface area contributed by atoms with Crippen molar-refractivity contribution in [3.8, 4) is 0 Å². The van der Waals surface area contributed by atoms with Gasteiger partial charge >= 0.3 is 0 Å². The minimum Gasteiger partial charge on any atom is -0.321 e. The van der Waals surface area contributed by atoms with Gasteiger partial charge in [0.15, 0.2) is 0 Å². The zero-order valence-electron chi connectivity index (χ0n) is 16.2. The minimum absolute atomic E-state index is 0.242. The van der Waals surface area contributed by atoms with Gasteiger partial charge in [0.25, 0.3) is 11.5 Å². The maximum Gasteiger partial charge on any atom is 0.266 e. The number of carbonyl (C=O) groups is 1. The van der Waals surface area contributed by atoms with Gasteiger partial charge in [0.2, 0.25) is 0 Å². The van der Waals surface area contributed by atoms with E-state index >= 15 is 0 Å². The van der Waals surface area contributed by atoms with E-state index in [1.165, 1.54) is 17.0 Å². The number of hydrogen-bond donors (Lipinski definition) is 1. The summed E-state index contributed by atoms with van der Waals surface area (Å²) in [5.74, 6) is -0.805. The van der Waals surface area contributed by atoms with Crippen LogP contribution in [0, 0.1) is 19.7 Å². The molecule has 0 aliphatic heterocycles. The lowest BCUT2D eigenvalue weighted by atomic mass is 10.2. The molecule has 0 unspecified atom stereocenters. The van der Waals surface area contributed by atoms with Crippen LogP contribution in [0.5, 0.6) is 0 Å². The van der Waals surface area contributed by atoms with Gasteiger partial charge in [0, 0.05) is 10.7 Å². The van der Waals surface area contributed by atoms with Crippen LogP contribution in [0.4, 0.5) is 10.1 Å². The predicted molar refractivity (Wildman–Crippen MR) is 118 cm³/mol. The van der Waals surface area contributed by atoms with Gasteiger partial charge < -0.3 is 5.32 Å². The van der Waals surface area contributed by atoms with Crippen molar-refractivity contribution < 1.29 is 9.18 Å². The molecule has 0 saturated heterocycles. The van der Waals surface area contributed by atoms with Crippen molar-refractivity contribution in [2.45, 2.75) is 20.4 Å². The van der Waals surface area contributed by atoms with Crippen molar-refractivity contribution >= 4 is 44.7 Å². The molecular formula is C22H17ClFN3O2S. The summed E-state index contributed by atoms with van der Waals surface area (Å²) < 4.78 is 15.2. The fraction of sp³-hybridized carbons (Fsp3) is 0.136. The van der Waals surface area contributed by atoms with Crippen molar-refractivity contribution in [1.82, 2.24) is 9.55 Å². The highest BCUT2D eigenvalue weighted by molar-refractivity contribution is 7.20. The highest BCUT2D eigenvalue weighted by Gasteiger charge is 2.20. The number of carbonyl (C=O) groups excluding carboxylic acids is 1. The van der Waals surface area contributed by atoms with Crippen molar-refractivity contribution in [3.05, 3.63) is 91.6 Å². The summed E-state index contributed by atoms with van der Waals surface area (Å²) in [6.07, 6.45) is 1.46. The van der Waals surface area contributed by atoms with Crippen molar-refractivity contribution in [2.75, 3.05) is 5.32 Å². The summed E-state index contributed by atoms with van der Waals surface area (Å²) >= 11 is 7.34. The standard InChI is InChI=1S/C22H17ClFN3O2S/c1-12-7-8-15(9-17(12)24)26-20(28)19-13(2)18-21(30-19)25-11-27(22(18)29)10-14-5-3-4-6-16(14)23/h3-9,11H,10H2,1-2H3,(H,26,28). The first kappa shape index (κ1) is 20.3. The molecule has 30 heavy (non-hydrogen) atoms. The Morgan fingerprint density at radius 2 is 2.00 bits per heavy atom. The van der Waals surface area contributed by atoms with Gasteiger partial charge in [-0.2, -0.15) is 0 Å². The fourth-order valence-corrected chi connectivity index (χ4v) is 4.39. The van der Waals surface area contributed by atoms with Gasteiger partial charge in [-0.05, 0) is 48.7 Å². The largest absolute Gasteiger partial charge is 0.321 e. The molecule has 0 spiro atoms. The van der Waals surface area contributed by atoms with E-state index in [1.807, 2.05) is 18.2 Å². The van der Waals surface area contributed by atoms with Gasteiger partial charge in [0.05, 0.1) is 23.1 Å². The molecule has 0 fully saturated rings. The zero-order chi connectivity index (χ0) is 21.4. The Labute approximate surface area is 180 Å². The number of benzene rings is 2. The number of nitrogens with zero attached hydrogens (tertiary/aromatic N) is 2. The van der Waals surface area contributed by atoms with Crippen LogP contribution in [-0.2, 0) is 6.54 Å². The normalized spacial score (nSPS) is 11.1. The summed E-state index contributed by atoms with van der Waals surface area (Å²) in [6, 6.07) is 11.8. The maximum atomic E-state index is 13.8. The van der Waals surface area contributed by atoms with Crippen LogP contribution < -0.4 is 10.9 Å². The molecule has 1 amide bonds. The molecule has 0 atom stereocenters. The monoisotopic (exact) mass is 441 g/mol. The first-order chi connectivity index (χ1) is 14.3. The summed E-state index contributed by atoms with van der Waals surface area (Å²) in [7, 11) is 0. The highest BCUT2D eigenvalue weighted by atomic mass is 35.5. The molecule has 0 saturated carbocycles. The SMILES string of the molecule is Cc1ccc(NC(=O)c2sc3ncn(Cc4ccccc4Cl)c(=O)c3c2C)cc1F. The molecule has 2 aromatic heterocycles. The molecule has 4 aromatic rings. The maximum absolute atomic E-state index is 13.8. The second kappa shape index (κ2) is 8.01. The first-order valence-electron chi connectivity index (χ1n) is 9.14. The number of nitrogens with one attached hydrogen (secondary N) is 1. The van der Waals surface area contributed by atoms with E-state index in [9.17, 15) is 14.0 Å². The number of hydrogen-bond acceptors (Lipinski definition) is 4. The molecule has 4 rings (SSSR count). The average molecular weight is 442 g/mol. The number of fused-ring (bicyclic) bond motifs is 1. The predicted octanol–water partition coefficient (Wildman–Crippen LogP) is 5.17. The van der Waals surface area contributed by atoms with E-state index in [0.717, 1.165) is 16.9 Å². The number of halogens is 2. The Morgan fingerprint density at radius 3 is 2.73 bits per heavy atom. The number of amides is 1. The molecular weight excluding hydrogens is 425 g/mol. The lowest BCUT2D eigenvalue weighted by Gasteiger charge is -2.07. The molecule has 8 heteroatoms. The van der Waals surface area contributed by atoms with Crippen molar-refractivity contribution in [2.24, 2.45) is 0 Å². The number of thiophene rings is 1. The summed E-state index contributed by atoms with van der Waals surface area (Å²) in [5, 5.41) is 3.65. The third-order valence-electron chi connectivity index (χ3n) is 4.85. The molecule has 152 valence electrons. The lowest BCUT2D eigenvalue weighted by molar-refractivity contribution is 0.103. The second-order valence-corrected chi connectivity index (χ2v) is 8.33. The van der Waals surface area contributed by atoms with E-state index in [1.54, 1.807) is 32.0 Å². The Hall–Kier alpha value is -3.03. The zero-order valence-corrected chi connectivity index (χ0v) is 17.8. The average Bonchev–Trinajstić information content (AvgIpc) is 3.06. The van der Waals surface area contributed by atoms with E-state index in [2.05, 4.69) is 10.3 Å². The fourth-order valence-electron chi connectivity index (χ4n) is 3.16. The second-order valence-electron chi connectivity index (χ2n) is 6.92. The summed E-state index contributed by atoms with van der Waals surface area (Å²) in [6.45, 7) is 3.64.